The lowest BCUT2D eigenvalue weighted by atomic mass is 9.89. The van der Waals surface area contributed by atoms with Gasteiger partial charge in [-0.25, -0.2) is 0 Å². The fourth-order valence-electron chi connectivity index (χ4n) is 11.8. The van der Waals surface area contributed by atoms with Gasteiger partial charge in [-0.05, 0) is 165 Å². The summed E-state index contributed by atoms with van der Waals surface area (Å²) in [6.07, 6.45) is 0. The molecule has 15 rings (SSSR count). The van der Waals surface area contributed by atoms with E-state index >= 15 is 0 Å². The topological polar surface area (TPSA) is 0 Å². The van der Waals surface area contributed by atoms with Crippen molar-refractivity contribution in [1.82, 2.24) is 0 Å². The van der Waals surface area contributed by atoms with Gasteiger partial charge in [0.1, 0.15) is 0 Å². The maximum Gasteiger partial charge on any atom is -0.00141 e. The first kappa shape index (κ1) is 29.7. The molecule has 2 aliphatic rings. The highest BCUT2D eigenvalue weighted by Crippen LogP contribution is 2.55. The minimum atomic E-state index is 1.30. The van der Waals surface area contributed by atoms with Crippen molar-refractivity contribution in [1.29, 1.82) is 0 Å². The van der Waals surface area contributed by atoms with Crippen LogP contribution in [0.1, 0.15) is 0 Å². The van der Waals surface area contributed by atoms with E-state index in [0.29, 0.717) is 0 Å². The van der Waals surface area contributed by atoms with E-state index in [9.17, 15) is 0 Å². The lowest BCUT2D eigenvalue weighted by molar-refractivity contribution is 1.68. The molecule has 0 saturated heterocycles. The maximum atomic E-state index is 2.50. The SMILES string of the molecule is c1ccc2c(c1)-c1cccc3ccc(-c4ccc5c6cc7c(cc6c6cccc4c65)c4cccc5c(-c6ccc8cccc9c8c6-c6ccccc6-9)ccc7c54)c-2c13. The minimum Gasteiger partial charge on any atom is -0.0616 e. The van der Waals surface area contributed by atoms with E-state index in [-0.39, 0.29) is 0 Å². The maximum absolute atomic E-state index is 2.50. The summed E-state index contributed by atoms with van der Waals surface area (Å²) >= 11 is 0. The molecule has 0 spiro atoms. The molecule has 0 heteroatoms. The van der Waals surface area contributed by atoms with Crippen molar-refractivity contribution in [3.05, 3.63) is 182 Å². The van der Waals surface area contributed by atoms with Crippen LogP contribution in [-0.2, 0) is 0 Å². The molecule has 0 aliphatic heterocycles. The number of fused-ring (bicyclic) bond motifs is 12. The highest BCUT2D eigenvalue weighted by Gasteiger charge is 2.28. The van der Waals surface area contributed by atoms with Gasteiger partial charge >= 0.3 is 0 Å². The van der Waals surface area contributed by atoms with E-state index < -0.39 is 0 Å². The van der Waals surface area contributed by atoms with Gasteiger partial charge in [0.15, 0.2) is 0 Å². The van der Waals surface area contributed by atoms with Crippen LogP contribution in [0.25, 0.3) is 153 Å². The number of hydrogen-bond donors (Lipinski definition) is 0. The second-order valence-electron chi connectivity index (χ2n) is 16.6. The quantitative estimate of drug-likeness (QED) is 0.166. The summed E-state index contributed by atoms with van der Waals surface area (Å²) in [5.41, 5.74) is 16.0. The third-order valence-electron chi connectivity index (χ3n) is 14.0. The van der Waals surface area contributed by atoms with Crippen LogP contribution in [-0.4, -0.2) is 0 Å². The van der Waals surface area contributed by atoms with Crippen LogP contribution in [0.5, 0.6) is 0 Å². The molecular weight excluding hydrogens is 697 g/mol. The molecule has 0 unspecified atom stereocenters. The Labute approximate surface area is 333 Å². The van der Waals surface area contributed by atoms with Crippen molar-refractivity contribution in [3.63, 3.8) is 0 Å². The van der Waals surface area contributed by atoms with E-state index in [2.05, 4.69) is 182 Å². The molecule has 13 aromatic carbocycles. The van der Waals surface area contributed by atoms with Crippen LogP contribution < -0.4 is 0 Å². The number of benzene rings is 11. The Kier molecular flexibility index (Phi) is 5.25. The second kappa shape index (κ2) is 10.2. The lowest BCUT2D eigenvalue weighted by Crippen LogP contribution is -1.87. The van der Waals surface area contributed by atoms with Crippen molar-refractivity contribution in [3.8, 4) is 66.8 Å². The van der Waals surface area contributed by atoms with Gasteiger partial charge in [-0.15, -0.1) is 0 Å². The zero-order valence-corrected chi connectivity index (χ0v) is 31.3. The smallest absolute Gasteiger partial charge is 0.00141 e. The van der Waals surface area contributed by atoms with E-state index in [1.54, 1.807) is 0 Å². The van der Waals surface area contributed by atoms with Gasteiger partial charge in [-0.2, -0.15) is 0 Å². The van der Waals surface area contributed by atoms with Gasteiger partial charge in [0.25, 0.3) is 0 Å². The van der Waals surface area contributed by atoms with E-state index in [1.807, 2.05) is 0 Å². The highest BCUT2D eigenvalue weighted by molar-refractivity contribution is 6.39. The zero-order valence-electron chi connectivity index (χ0n) is 31.3. The van der Waals surface area contributed by atoms with Crippen LogP contribution in [0.15, 0.2) is 182 Å². The normalized spacial score (nSPS) is 12.8. The molecular formula is C58H30. The Morgan fingerprint density at radius 2 is 0.534 bits per heavy atom. The van der Waals surface area contributed by atoms with Gasteiger partial charge < -0.3 is 0 Å². The van der Waals surface area contributed by atoms with Crippen molar-refractivity contribution in [2.24, 2.45) is 0 Å². The molecule has 58 heavy (non-hydrogen) atoms. The van der Waals surface area contributed by atoms with Crippen LogP contribution in [0.4, 0.5) is 0 Å². The van der Waals surface area contributed by atoms with Gasteiger partial charge in [-0.3, -0.25) is 0 Å². The largest absolute Gasteiger partial charge is 0.0616 e. The molecule has 0 amide bonds. The summed E-state index contributed by atoms with van der Waals surface area (Å²) in [6, 6.07) is 69.2. The molecule has 0 N–H and O–H groups in total. The molecule has 262 valence electrons. The Balaban J connectivity index is 0.976. The summed E-state index contributed by atoms with van der Waals surface area (Å²) in [5.74, 6) is 0. The summed E-state index contributed by atoms with van der Waals surface area (Å²) in [4.78, 5) is 0. The fourth-order valence-corrected chi connectivity index (χ4v) is 11.8. The Morgan fingerprint density at radius 1 is 0.172 bits per heavy atom. The minimum absolute atomic E-state index is 1.30. The van der Waals surface area contributed by atoms with Gasteiger partial charge in [-0.1, -0.05) is 170 Å². The highest BCUT2D eigenvalue weighted by atomic mass is 14.3. The monoisotopic (exact) mass is 726 g/mol. The van der Waals surface area contributed by atoms with Gasteiger partial charge in [0.2, 0.25) is 0 Å². The predicted molar refractivity (Wildman–Crippen MR) is 249 cm³/mol. The average molecular weight is 727 g/mol. The lowest BCUT2D eigenvalue weighted by Gasteiger charge is -2.14. The van der Waals surface area contributed by atoms with Crippen LogP contribution in [0.2, 0.25) is 0 Å². The van der Waals surface area contributed by atoms with Crippen molar-refractivity contribution < 1.29 is 0 Å². The van der Waals surface area contributed by atoms with Gasteiger partial charge in [0, 0.05) is 0 Å². The first-order valence-corrected chi connectivity index (χ1v) is 20.4. The molecule has 0 atom stereocenters. The molecule has 0 radical (unpaired) electrons. The third kappa shape index (κ3) is 3.43. The van der Waals surface area contributed by atoms with Crippen molar-refractivity contribution in [2.75, 3.05) is 0 Å². The van der Waals surface area contributed by atoms with E-state index in [4.69, 9.17) is 0 Å². The molecule has 0 bridgehead atoms. The van der Waals surface area contributed by atoms with Crippen LogP contribution >= 0.6 is 0 Å². The summed E-state index contributed by atoms with van der Waals surface area (Å²) in [5, 5.41) is 21.4. The fraction of sp³-hybridized carbons (Fsp3) is 0. The van der Waals surface area contributed by atoms with Crippen LogP contribution in [0.3, 0.4) is 0 Å². The third-order valence-corrected chi connectivity index (χ3v) is 14.0. The zero-order chi connectivity index (χ0) is 37.4. The second-order valence-corrected chi connectivity index (χ2v) is 16.6. The Hall–Kier alpha value is -7.54. The summed E-state index contributed by atoms with van der Waals surface area (Å²) in [7, 11) is 0. The Morgan fingerprint density at radius 3 is 1.00 bits per heavy atom. The van der Waals surface area contributed by atoms with E-state index in [0.717, 1.165) is 0 Å². The number of hydrogen-bond acceptors (Lipinski definition) is 0. The predicted octanol–water partition coefficient (Wildman–Crippen LogP) is 16.4. The molecule has 0 nitrogen and oxygen atoms in total. The summed E-state index contributed by atoms with van der Waals surface area (Å²) in [6.45, 7) is 0. The first-order chi connectivity index (χ1) is 28.8. The molecule has 2 aliphatic carbocycles. The Bertz CT molecular complexity index is 3700. The number of rotatable bonds is 2. The molecule has 0 aromatic heterocycles. The van der Waals surface area contributed by atoms with Crippen LogP contribution in [0, 0.1) is 0 Å². The standard InChI is InChI=1S/C58H30/c1-3-13-41-33(11-1)37-15-5-9-31-21-23-45(57(41)53(31)37)35-25-27-47-51-30-52-48-28-26-36(46-24-22-32-10-6-16-38-34-12-2-4-14-42(34)58(46)54(32)38)40-18-8-20-44(56(40)48)50(52)29-49(51)43-19-7-17-39(35)55(43)47/h1-30H. The molecule has 0 saturated carbocycles. The van der Waals surface area contributed by atoms with Crippen molar-refractivity contribution >= 4 is 86.2 Å². The molecule has 0 fully saturated rings. The van der Waals surface area contributed by atoms with Gasteiger partial charge in [0.05, 0.1) is 0 Å². The van der Waals surface area contributed by atoms with E-state index in [1.165, 1.54) is 153 Å². The average Bonchev–Trinajstić information content (AvgIpc) is 4.00. The molecule has 13 aromatic rings. The first-order valence-electron chi connectivity index (χ1n) is 20.4. The van der Waals surface area contributed by atoms with Crippen molar-refractivity contribution in [2.45, 2.75) is 0 Å². The molecule has 0 heterocycles. The summed E-state index contributed by atoms with van der Waals surface area (Å²) < 4.78 is 0.